The standard InChI is InChI=1S/C25H24ClN3O5/c1-2-13-28(25(31)22-11-10-20(29(32)33)16-23(22)26)18-24(30)27(17-21-9-6-15-34-21)14-12-19-7-4-3-5-8-19/h2-11,15-16H,1,12-14,17-18H2. The number of halogens is 1. The molecule has 0 aliphatic carbocycles. The molecule has 9 heteroatoms. The smallest absolute Gasteiger partial charge is 0.270 e. The van der Waals surface area contributed by atoms with Gasteiger partial charge in [-0.3, -0.25) is 19.7 Å². The van der Waals surface area contributed by atoms with Crippen LogP contribution in [0.3, 0.4) is 0 Å². The number of hydrogen-bond acceptors (Lipinski definition) is 5. The summed E-state index contributed by atoms with van der Waals surface area (Å²) in [4.78, 5) is 39.7. The maximum atomic E-state index is 13.3. The average Bonchev–Trinajstić information content (AvgIpc) is 3.34. The molecule has 2 aromatic carbocycles. The third-order valence-corrected chi connectivity index (χ3v) is 5.46. The van der Waals surface area contributed by atoms with Crippen molar-refractivity contribution in [2.75, 3.05) is 19.6 Å². The maximum Gasteiger partial charge on any atom is 0.270 e. The van der Waals surface area contributed by atoms with E-state index in [2.05, 4.69) is 6.58 Å². The summed E-state index contributed by atoms with van der Waals surface area (Å²) in [6, 6.07) is 16.9. The number of carbonyl (C=O) groups is 2. The van der Waals surface area contributed by atoms with E-state index in [-0.39, 0.29) is 41.8 Å². The van der Waals surface area contributed by atoms with Gasteiger partial charge in [-0.05, 0) is 30.2 Å². The Hall–Kier alpha value is -3.91. The minimum Gasteiger partial charge on any atom is -0.467 e. The van der Waals surface area contributed by atoms with E-state index in [1.54, 1.807) is 23.3 Å². The van der Waals surface area contributed by atoms with Crippen LogP contribution in [0.2, 0.25) is 5.02 Å². The van der Waals surface area contributed by atoms with E-state index in [1.807, 2.05) is 30.3 Å². The summed E-state index contributed by atoms with van der Waals surface area (Å²) in [6.45, 7) is 4.24. The molecule has 1 aromatic heterocycles. The van der Waals surface area contributed by atoms with Crippen LogP contribution in [0.5, 0.6) is 0 Å². The van der Waals surface area contributed by atoms with Crippen molar-refractivity contribution in [2.24, 2.45) is 0 Å². The van der Waals surface area contributed by atoms with Gasteiger partial charge in [-0.1, -0.05) is 48.0 Å². The Kier molecular flexibility index (Phi) is 8.59. The second-order valence-corrected chi connectivity index (χ2v) is 7.93. The summed E-state index contributed by atoms with van der Waals surface area (Å²) in [5, 5.41) is 10.9. The Morgan fingerprint density at radius 1 is 1.09 bits per heavy atom. The maximum absolute atomic E-state index is 13.3. The fourth-order valence-corrected chi connectivity index (χ4v) is 3.65. The summed E-state index contributed by atoms with van der Waals surface area (Å²) in [7, 11) is 0. The van der Waals surface area contributed by atoms with Crippen molar-refractivity contribution in [2.45, 2.75) is 13.0 Å². The third-order valence-electron chi connectivity index (χ3n) is 5.15. The van der Waals surface area contributed by atoms with E-state index < -0.39 is 10.8 Å². The fourth-order valence-electron chi connectivity index (χ4n) is 3.39. The molecule has 0 atom stereocenters. The molecule has 0 saturated heterocycles. The van der Waals surface area contributed by atoms with Crippen molar-refractivity contribution in [3.05, 3.63) is 112 Å². The molecule has 0 radical (unpaired) electrons. The molecule has 176 valence electrons. The highest BCUT2D eigenvalue weighted by atomic mass is 35.5. The minimum absolute atomic E-state index is 0.0581. The number of amides is 2. The number of furan rings is 1. The molecule has 0 saturated carbocycles. The second-order valence-electron chi connectivity index (χ2n) is 7.53. The van der Waals surface area contributed by atoms with Crippen LogP contribution in [0.1, 0.15) is 21.7 Å². The van der Waals surface area contributed by atoms with Crippen molar-refractivity contribution in [1.29, 1.82) is 0 Å². The summed E-state index contributed by atoms with van der Waals surface area (Å²) >= 11 is 6.14. The Balaban J connectivity index is 1.77. The van der Waals surface area contributed by atoms with Gasteiger partial charge in [0.1, 0.15) is 12.3 Å². The third kappa shape index (κ3) is 6.55. The van der Waals surface area contributed by atoms with Crippen LogP contribution in [0, 0.1) is 10.1 Å². The zero-order valence-corrected chi connectivity index (χ0v) is 19.2. The lowest BCUT2D eigenvalue weighted by molar-refractivity contribution is -0.384. The first kappa shape index (κ1) is 24.7. The molecule has 0 fully saturated rings. The Bertz CT molecular complexity index is 1150. The van der Waals surface area contributed by atoms with Gasteiger partial charge in [-0.2, -0.15) is 0 Å². The highest BCUT2D eigenvalue weighted by molar-refractivity contribution is 6.34. The molecule has 8 nitrogen and oxygen atoms in total. The van der Waals surface area contributed by atoms with E-state index >= 15 is 0 Å². The highest BCUT2D eigenvalue weighted by Crippen LogP contribution is 2.24. The molecule has 0 N–H and O–H groups in total. The number of nitrogens with zero attached hydrogens (tertiary/aromatic N) is 3. The molecule has 0 unspecified atom stereocenters. The van der Waals surface area contributed by atoms with E-state index in [0.717, 1.165) is 11.6 Å². The molecule has 3 aromatic rings. The lowest BCUT2D eigenvalue weighted by Crippen LogP contribution is -2.43. The monoisotopic (exact) mass is 481 g/mol. The van der Waals surface area contributed by atoms with Crippen LogP contribution in [0.15, 0.2) is 84.0 Å². The molecule has 0 aliphatic heterocycles. The summed E-state index contributed by atoms with van der Waals surface area (Å²) < 4.78 is 5.42. The predicted octanol–water partition coefficient (Wildman–Crippen LogP) is 4.74. The van der Waals surface area contributed by atoms with Crippen molar-refractivity contribution in [3.8, 4) is 0 Å². The molecule has 34 heavy (non-hydrogen) atoms. The largest absolute Gasteiger partial charge is 0.467 e. The van der Waals surface area contributed by atoms with Crippen molar-refractivity contribution >= 4 is 29.1 Å². The van der Waals surface area contributed by atoms with Gasteiger partial charge in [0.05, 0.1) is 28.3 Å². The quantitative estimate of drug-likeness (QED) is 0.224. The van der Waals surface area contributed by atoms with E-state index in [0.29, 0.717) is 18.7 Å². The topological polar surface area (TPSA) is 96.9 Å². The number of nitro benzene ring substituents is 1. The highest BCUT2D eigenvalue weighted by Gasteiger charge is 2.24. The first-order chi connectivity index (χ1) is 16.4. The molecule has 0 bridgehead atoms. The SMILES string of the molecule is C=CCN(CC(=O)N(CCc1ccccc1)Cc1ccco1)C(=O)c1ccc([N+](=O)[O-])cc1Cl. The molecule has 3 rings (SSSR count). The fraction of sp³-hybridized carbons (Fsp3) is 0.200. The summed E-state index contributed by atoms with van der Waals surface area (Å²) in [5.74, 6) is -0.170. The van der Waals surface area contributed by atoms with Gasteiger partial charge >= 0.3 is 0 Å². The van der Waals surface area contributed by atoms with Gasteiger partial charge in [0.15, 0.2) is 0 Å². The van der Waals surface area contributed by atoms with Gasteiger partial charge in [0, 0.05) is 25.2 Å². The molecular formula is C25H24ClN3O5. The first-order valence-electron chi connectivity index (χ1n) is 10.6. The van der Waals surface area contributed by atoms with Crippen LogP contribution < -0.4 is 0 Å². The van der Waals surface area contributed by atoms with Gasteiger partial charge in [0.2, 0.25) is 5.91 Å². The van der Waals surface area contributed by atoms with Gasteiger partial charge in [-0.25, -0.2) is 0 Å². The van der Waals surface area contributed by atoms with Crippen molar-refractivity contribution < 1.29 is 18.9 Å². The number of rotatable bonds is 11. The van der Waals surface area contributed by atoms with Crippen LogP contribution in [0.25, 0.3) is 0 Å². The molecule has 0 spiro atoms. The average molecular weight is 482 g/mol. The zero-order chi connectivity index (χ0) is 24.5. The Morgan fingerprint density at radius 2 is 1.85 bits per heavy atom. The van der Waals surface area contributed by atoms with Crippen molar-refractivity contribution in [1.82, 2.24) is 9.80 Å². The van der Waals surface area contributed by atoms with Crippen LogP contribution in [-0.4, -0.2) is 46.2 Å². The van der Waals surface area contributed by atoms with E-state index in [4.69, 9.17) is 16.0 Å². The lowest BCUT2D eigenvalue weighted by Gasteiger charge is -2.27. The van der Waals surface area contributed by atoms with Gasteiger partial charge in [0.25, 0.3) is 11.6 Å². The van der Waals surface area contributed by atoms with E-state index in [9.17, 15) is 19.7 Å². The number of benzene rings is 2. The van der Waals surface area contributed by atoms with Crippen molar-refractivity contribution in [3.63, 3.8) is 0 Å². The molecule has 2 amide bonds. The van der Waals surface area contributed by atoms with Gasteiger partial charge in [-0.15, -0.1) is 6.58 Å². The Labute approximate surface area is 202 Å². The number of carbonyl (C=O) groups excluding carboxylic acids is 2. The number of non-ortho nitro benzene ring substituents is 1. The predicted molar refractivity (Wildman–Crippen MR) is 128 cm³/mol. The van der Waals surface area contributed by atoms with Gasteiger partial charge < -0.3 is 14.2 Å². The molecular weight excluding hydrogens is 458 g/mol. The minimum atomic E-state index is -0.593. The summed E-state index contributed by atoms with van der Waals surface area (Å²) in [5.41, 5.74) is 0.929. The van der Waals surface area contributed by atoms with Crippen LogP contribution in [-0.2, 0) is 17.8 Å². The first-order valence-corrected chi connectivity index (χ1v) is 10.9. The molecule has 1 heterocycles. The van der Waals surface area contributed by atoms with Crippen LogP contribution in [0.4, 0.5) is 5.69 Å². The normalized spacial score (nSPS) is 10.5. The number of nitro groups is 1. The number of hydrogen-bond donors (Lipinski definition) is 0. The van der Waals surface area contributed by atoms with E-state index in [1.165, 1.54) is 23.1 Å². The zero-order valence-electron chi connectivity index (χ0n) is 18.4. The molecule has 0 aliphatic rings. The van der Waals surface area contributed by atoms with Crippen LogP contribution >= 0.6 is 11.6 Å². The summed E-state index contributed by atoms with van der Waals surface area (Å²) in [6.07, 6.45) is 3.68. The second kappa shape index (κ2) is 11.8. The Morgan fingerprint density at radius 3 is 2.47 bits per heavy atom. The lowest BCUT2D eigenvalue weighted by atomic mass is 10.1.